The van der Waals surface area contributed by atoms with Crippen LogP contribution in [0, 0.1) is 35.5 Å². The first-order valence-electron chi connectivity index (χ1n) is 11.6. The van der Waals surface area contributed by atoms with Crippen molar-refractivity contribution in [1.82, 2.24) is 4.90 Å². The van der Waals surface area contributed by atoms with Gasteiger partial charge < -0.3 is 4.90 Å². The van der Waals surface area contributed by atoms with Crippen LogP contribution in [0.15, 0.2) is 17.1 Å². The Kier molecular flexibility index (Phi) is 10.1. The molecule has 0 aliphatic carbocycles. The minimum Gasteiger partial charge on any atom is -0.356 e. The molecule has 0 amide bonds. The summed E-state index contributed by atoms with van der Waals surface area (Å²) in [6, 6.07) is 0.434. The molecule has 0 fully saturated rings. The minimum absolute atomic E-state index is 0.434. The van der Waals surface area contributed by atoms with Crippen molar-refractivity contribution in [2.75, 3.05) is 13.6 Å². The quantitative estimate of drug-likeness (QED) is 0.278. The Hall–Kier alpha value is -0.790. The molecule has 6 atom stereocenters. The van der Waals surface area contributed by atoms with Crippen LogP contribution >= 0.6 is 0 Å². The van der Waals surface area contributed by atoms with Crippen LogP contribution in [0.4, 0.5) is 0 Å². The van der Waals surface area contributed by atoms with E-state index in [0.29, 0.717) is 23.8 Å². The second kappa shape index (κ2) is 11.3. The van der Waals surface area contributed by atoms with Gasteiger partial charge in [0.15, 0.2) is 0 Å². The zero-order valence-electron chi connectivity index (χ0n) is 19.9. The lowest BCUT2D eigenvalue weighted by Crippen LogP contribution is -2.48. The SMILES string of the molecule is C=C(C(C)C(C)C(C)C(C)C)C1C(C)CN=C(CCCCC(C)CC)N1C. The summed E-state index contributed by atoms with van der Waals surface area (Å²) in [5.41, 5.74) is 1.41. The van der Waals surface area contributed by atoms with E-state index in [1.807, 2.05) is 0 Å². The minimum atomic E-state index is 0.434. The lowest BCUT2D eigenvalue weighted by molar-refractivity contribution is 0.209. The van der Waals surface area contributed by atoms with Gasteiger partial charge in [0.25, 0.3) is 0 Å². The third-order valence-electron chi connectivity index (χ3n) is 7.60. The fraction of sp³-hybridized carbons (Fsp3) is 0.880. The van der Waals surface area contributed by atoms with E-state index in [0.717, 1.165) is 30.7 Å². The number of amidine groups is 1. The largest absolute Gasteiger partial charge is 0.356 e. The predicted molar refractivity (Wildman–Crippen MR) is 122 cm³/mol. The Morgan fingerprint density at radius 1 is 1.11 bits per heavy atom. The molecule has 27 heavy (non-hydrogen) atoms. The van der Waals surface area contributed by atoms with Gasteiger partial charge in [0, 0.05) is 20.0 Å². The third kappa shape index (κ3) is 6.64. The first kappa shape index (κ1) is 24.2. The van der Waals surface area contributed by atoms with Crippen LogP contribution in [0.3, 0.4) is 0 Å². The Bertz CT molecular complexity index is 479. The maximum atomic E-state index is 4.93. The van der Waals surface area contributed by atoms with Crippen molar-refractivity contribution in [3.63, 3.8) is 0 Å². The molecule has 0 spiro atoms. The highest BCUT2D eigenvalue weighted by Gasteiger charge is 2.34. The fourth-order valence-corrected chi connectivity index (χ4v) is 4.52. The number of unbranched alkanes of at least 4 members (excludes halogenated alkanes) is 1. The first-order chi connectivity index (χ1) is 12.6. The van der Waals surface area contributed by atoms with Gasteiger partial charge in [-0.05, 0) is 41.9 Å². The van der Waals surface area contributed by atoms with E-state index in [1.54, 1.807) is 0 Å². The summed E-state index contributed by atoms with van der Waals surface area (Å²) in [7, 11) is 2.25. The lowest BCUT2D eigenvalue weighted by atomic mass is 9.73. The van der Waals surface area contributed by atoms with E-state index < -0.39 is 0 Å². The lowest BCUT2D eigenvalue weighted by Gasteiger charge is -2.43. The van der Waals surface area contributed by atoms with Crippen molar-refractivity contribution in [1.29, 1.82) is 0 Å². The van der Waals surface area contributed by atoms with Crippen molar-refractivity contribution in [2.24, 2.45) is 40.5 Å². The number of likely N-dealkylation sites (N-methyl/N-ethyl adjacent to an activating group) is 1. The summed E-state index contributed by atoms with van der Waals surface area (Å²) in [4.78, 5) is 7.39. The molecular weight excluding hydrogens is 328 g/mol. The van der Waals surface area contributed by atoms with Crippen LogP contribution in [-0.2, 0) is 0 Å². The summed E-state index contributed by atoms with van der Waals surface area (Å²) >= 11 is 0. The van der Waals surface area contributed by atoms with E-state index in [4.69, 9.17) is 4.99 Å². The van der Waals surface area contributed by atoms with Crippen molar-refractivity contribution < 1.29 is 0 Å². The van der Waals surface area contributed by atoms with Crippen molar-refractivity contribution in [2.45, 2.75) is 93.5 Å². The summed E-state index contributed by atoms with van der Waals surface area (Å²) in [5.74, 6) is 5.36. The van der Waals surface area contributed by atoms with Gasteiger partial charge in [0.1, 0.15) is 0 Å². The number of hydrogen-bond donors (Lipinski definition) is 0. The molecule has 1 aliphatic rings. The molecule has 2 heteroatoms. The van der Waals surface area contributed by atoms with Crippen molar-refractivity contribution in [3.05, 3.63) is 12.2 Å². The van der Waals surface area contributed by atoms with Crippen LogP contribution in [0.1, 0.15) is 87.5 Å². The molecule has 158 valence electrons. The summed E-state index contributed by atoms with van der Waals surface area (Å²) in [5, 5.41) is 0. The molecule has 0 aromatic rings. The first-order valence-corrected chi connectivity index (χ1v) is 11.6. The second-order valence-corrected chi connectivity index (χ2v) is 9.87. The molecule has 1 rings (SSSR count). The zero-order valence-corrected chi connectivity index (χ0v) is 19.9. The maximum absolute atomic E-state index is 4.93. The normalized spacial score (nSPS) is 25.1. The zero-order chi connectivity index (χ0) is 20.7. The highest BCUT2D eigenvalue weighted by Crippen LogP contribution is 2.35. The fourth-order valence-electron chi connectivity index (χ4n) is 4.52. The van der Waals surface area contributed by atoms with Crippen molar-refractivity contribution in [3.8, 4) is 0 Å². The average molecular weight is 377 g/mol. The topological polar surface area (TPSA) is 15.6 Å². The van der Waals surface area contributed by atoms with Gasteiger partial charge in [-0.15, -0.1) is 0 Å². The van der Waals surface area contributed by atoms with Crippen LogP contribution in [0.5, 0.6) is 0 Å². The summed E-state index contributed by atoms with van der Waals surface area (Å²) in [6.45, 7) is 24.5. The third-order valence-corrected chi connectivity index (χ3v) is 7.60. The molecule has 1 aliphatic heterocycles. The molecule has 0 aromatic carbocycles. The monoisotopic (exact) mass is 376 g/mol. The van der Waals surface area contributed by atoms with Crippen LogP contribution in [0.25, 0.3) is 0 Å². The van der Waals surface area contributed by atoms with Crippen LogP contribution in [-0.4, -0.2) is 30.4 Å². The number of nitrogens with zero attached hydrogens (tertiary/aromatic N) is 2. The Morgan fingerprint density at radius 3 is 2.30 bits per heavy atom. The molecule has 1 heterocycles. The second-order valence-electron chi connectivity index (χ2n) is 9.87. The molecule has 6 unspecified atom stereocenters. The number of rotatable bonds is 11. The number of aliphatic imine (C=N–C) groups is 1. The highest BCUT2D eigenvalue weighted by molar-refractivity contribution is 5.83. The molecule has 0 bridgehead atoms. The van der Waals surface area contributed by atoms with Gasteiger partial charge in [0.05, 0.1) is 11.9 Å². The van der Waals surface area contributed by atoms with E-state index in [1.165, 1.54) is 37.1 Å². The molecule has 0 radical (unpaired) electrons. The van der Waals surface area contributed by atoms with Gasteiger partial charge in [-0.2, -0.15) is 0 Å². The maximum Gasteiger partial charge on any atom is 0.0991 e. The molecule has 2 nitrogen and oxygen atoms in total. The predicted octanol–water partition coefficient (Wildman–Crippen LogP) is 7.06. The van der Waals surface area contributed by atoms with E-state index in [2.05, 4.69) is 73.9 Å². The molecular formula is C25H48N2. The summed E-state index contributed by atoms with van der Waals surface area (Å²) < 4.78 is 0. The standard InChI is InChI=1S/C25H48N2/c1-11-18(4)14-12-13-15-24-26-16-19(5)25(27(24)10)23(9)22(8)21(7)20(6)17(2)3/h17-22,25H,9,11-16H2,1-8,10H3. The van der Waals surface area contributed by atoms with Gasteiger partial charge in [-0.3, -0.25) is 4.99 Å². The van der Waals surface area contributed by atoms with Gasteiger partial charge in [0.2, 0.25) is 0 Å². The Labute approximate surface area is 170 Å². The molecule has 0 N–H and O–H groups in total. The van der Waals surface area contributed by atoms with Gasteiger partial charge >= 0.3 is 0 Å². The Morgan fingerprint density at radius 2 is 1.74 bits per heavy atom. The highest BCUT2D eigenvalue weighted by atomic mass is 15.2. The number of hydrogen-bond acceptors (Lipinski definition) is 2. The molecule has 0 saturated heterocycles. The van der Waals surface area contributed by atoms with Gasteiger partial charge in [-0.1, -0.05) is 86.8 Å². The van der Waals surface area contributed by atoms with Crippen LogP contribution in [0.2, 0.25) is 0 Å². The smallest absolute Gasteiger partial charge is 0.0991 e. The van der Waals surface area contributed by atoms with E-state index in [-0.39, 0.29) is 0 Å². The van der Waals surface area contributed by atoms with E-state index in [9.17, 15) is 0 Å². The average Bonchev–Trinajstić information content (AvgIpc) is 2.64. The van der Waals surface area contributed by atoms with E-state index >= 15 is 0 Å². The Balaban J connectivity index is 2.72. The molecule has 0 saturated carbocycles. The van der Waals surface area contributed by atoms with Gasteiger partial charge in [-0.25, -0.2) is 0 Å². The summed E-state index contributed by atoms with van der Waals surface area (Å²) in [6.07, 6.45) is 6.35. The van der Waals surface area contributed by atoms with Crippen LogP contribution < -0.4 is 0 Å². The van der Waals surface area contributed by atoms with Crippen molar-refractivity contribution >= 4 is 5.84 Å². The molecule has 0 aromatic heterocycles.